The summed E-state index contributed by atoms with van der Waals surface area (Å²) in [4.78, 5) is 0. The molecule has 1 aromatic rings. The minimum atomic E-state index is 0.185. The van der Waals surface area contributed by atoms with Crippen molar-refractivity contribution in [3.8, 4) is 0 Å². The van der Waals surface area contributed by atoms with Crippen LogP contribution in [0.25, 0.3) is 0 Å². The number of nitrogens with zero attached hydrogens (tertiary/aromatic N) is 1. The van der Waals surface area contributed by atoms with Crippen LogP contribution in [-0.4, -0.2) is 10.8 Å². The lowest BCUT2D eigenvalue weighted by Gasteiger charge is -2.01. The smallest absolute Gasteiger partial charge is 0.184 e. The van der Waals surface area contributed by atoms with Gasteiger partial charge in [-0.05, 0) is 42.8 Å². The molecule has 0 saturated heterocycles. The SMILES string of the molecule is NC(=S)N/N=C1/CCc2cc(Cl)ccc21. The van der Waals surface area contributed by atoms with Gasteiger partial charge in [0.15, 0.2) is 5.11 Å². The Bertz CT molecular complexity index is 442. The van der Waals surface area contributed by atoms with Crippen molar-refractivity contribution in [3.63, 3.8) is 0 Å². The minimum Gasteiger partial charge on any atom is -0.375 e. The van der Waals surface area contributed by atoms with E-state index >= 15 is 0 Å². The molecule has 0 amide bonds. The third-order valence-corrected chi connectivity index (χ3v) is 2.64. The van der Waals surface area contributed by atoms with Crippen LogP contribution >= 0.6 is 23.8 Å². The van der Waals surface area contributed by atoms with Gasteiger partial charge in [0.1, 0.15) is 0 Å². The zero-order valence-electron chi connectivity index (χ0n) is 7.96. The Balaban J connectivity index is 2.28. The number of halogens is 1. The zero-order chi connectivity index (χ0) is 10.8. The van der Waals surface area contributed by atoms with Crippen molar-refractivity contribution >= 4 is 34.6 Å². The number of hydrazone groups is 1. The monoisotopic (exact) mass is 239 g/mol. The molecule has 0 spiro atoms. The summed E-state index contributed by atoms with van der Waals surface area (Å²) in [6.07, 6.45) is 1.86. The van der Waals surface area contributed by atoms with Crippen molar-refractivity contribution in [1.29, 1.82) is 0 Å². The second kappa shape index (κ2) is 4.16. The first-order valence-electron chi connectivity index (χ1n) is 4.57. The average molecular weight is 240 g/mol. The van der Waals surface area contributed by atoms with Crippen molar-refractivity contribution in [2.75, 3.05) is 0 Å². The van der Waals surface area contributed by atoms with Crippen LogP contribution in [0.2, 0.25) is 5.02 Å². The Morgan fingerprint density at radius 2 is 2.27 bits per heavy atom. The molecule has 1 aliphatic rings. The molecule has 78 valence electrons. The van der Waals surface area contributed by atoms with E-state index in [-0.39, 0.29) is 5.11 Å². The summed E-state index contributed by atoms with van der Waals surface area (Å²) in [7, 11) is 0. The van der Waals surface area contributed by atoms with Gasteiger partial charge in [-0.15, -0.1) is 0 Å². The summed E-state index contributed by atoms with van der Waals surface area (Å²) in [5.74, 6) is 0. The van der Waals surface area contributed by atoms with E-state index < -0.39 is 0 Å². The normalized spacial score (nSPS) is 16.5. The lowest BCUT2D eigenvalue weighted by Crippen LogP contribution is -2.25. The van der Waals surface area contributed by atoms with E-state index in [0.717, 1.165) is 29.1 Å². The van der Waals surface area contributed by atoms with E-state index in [1.807, 2.05) is 18.2 Å². The van der Waals surface area contributed by atoms with Gasteiger partial charge in [0.05, 0.1) is 5.71 Å². The summed E-state index contributed by atoms with van der Waals surface area (Å²) in [6, 6.07) is 5.81. The Morgan fingerprint density at radius 3 is 3.00 bits per heavy atom. The van der Waals surface area contributed by atoms with Crippen LogP contribution in [0.5, 0.6) is 0 Å². The van der Waals surface area contributed by atoms with Crippen LogP contribution in [-0.2, 0) is 6.42 Å². The predicted molar refractivity (Wildman–Crippen MR) is 66.2 cm³/mol. The summed E-state index contributed by atoms with van der Waals surface area (Å²) < 4.78 is 0. The maximum atomic E-state index is 5.90. The molecule has 5 heteroatoms. The number of nitrogens with one attached hydrogen (secondary N) is 1. The Morgan fingerprint density at radius 1 is 1.47 bits per heavy atom. The van der Waals surface area contributed by atoms with E-state index in [1.165, 1.54) is 5.56 Å². The van der Waals surface area contributed by atoms with Crippen molar-refractivity contribution in [2.45, 2.75) is 12.8 Å². The summed E-state index contributed by atoms with van der Waals surface area (Å²) >= 11 is 10.6. The Labute approximate surface area is 98.3 Å². The number of rotatable bonds is 1. The number of benzene rings is 1. The second-order valence-corrected chi connectivity index (χ2v) is 4.21. The van der Waals surface area contributed by atoms with Gasteiger partial charge in [-0.2, -0.15) is 5.10 Å². The van der Waals surface area contributed by atoms with Crippen LogP contribution in [0, 0.1) is 0 Å². The third kappa shape index (κ3) is 2.27. The molecule has 0 unspecified atom stereocenters. The van der Waals surface area contributed by atoms with Gasteiger partial charge in [-0.25, -0.2) is 0 Å². The lowest BCUT2D eigenvalue weighted by molar-refractivity contribution is 1.01. The Kier molecular flexibility index (Phi) is 2.88. The highest BCUT2D eigenvalue weighted by Gasteiger charge is 2.17. The molecule has 0 bridgehead atoms. The van der Waals surface area contributed by atoms with E-state index in [0.29, 0.717) is 0 Å². The minimum absolute atomic E-state index is 0.185. The van der Waals surface area contributed by atoms with Crippen LogP contribution in [0.3, 0.4) is 0 Å². The van der Waals surface area contributed by atoms with Crippen molar-refractivity contribution in [1.82, 2.24) is 5.43 Å². The highest BCUT2D eigenvalue weighted by molar-refractivity contribution is 7.80. The molecule has 1 aliphatic carbocycles. The first kappa shape index (κ1) is 10.4. The van der Waals surface area contributed by atoms with Gasteiger partial charge in [-0.1, -0.05) is 17.7 Å². The third-order valence-electron chi connectivity index (χ3n) is 2.31. The molecule has 0 heterocycles. The van der Waals surface area contributed by atoms with Crippen LogP contribution < -0.4 is 11.2 Å². The molecule has 0 aromatic heterocycles. The Hall–Kier alpha value is -1.13. The molecule has 3 nitrogen and oxygen atoms in total. The maximum Gasteiger partial charge on any atom is 0.184 e. The van der Waals surface area contributed by atoms with Gasteiger partial charge in [0.2, 0.25) is 0 Å². The molecular formula is C10H10ClN3S. The number of hydrogen-bond donors (Lipinski definition) is 2. The number of thiocarbonyl (C=S) groups is 1. The highest BCUT2D eigenvalue weighted by atomic mass is 35.5. The molecule has 0 radical (unpaired) electrons. The molecule has 3 N–H and O–H groups in total. The predicted octanol–water partition coefficient (Wildman–Crippen LogP) is 1.82. The molecule has 1 aromatic carbocycles. The van der Waals surface area contributed by atoms with Crippen LogP contribution in [0.4, 0.5) is 0 Å². The molecule has 0 saturated carbocycles. The molecule has 0 aliphatic heterocycles. The number of hydrogen-bond acceptors (Lipinski definition) is 2. The highest BCUT2D eigenvalue weighted by Crippen LogP contribution is 2.25. The standard InChI is InChI=1S/C10H10ClN3S/c11-7-2-3-8-6(5-7)1-4-9(8)13-14-10(12)15/h2-3,5H,1,4H2,(H3,12,14,15)/b13-9-. The molecule has 15 heavy (non-hydrogen) atoms. The number of nitrogens with two attached hydrogens (primary N) is 1. The molecule has 0 fully saturated rings. The van der Waals surface area contributed by atoms with Crippen LogP contribution in [0.15, 0.2) is 23.3 Å². The number of fused-ring (bicyclic) bond motifs is 1. The summed E-state index contributed by atoms with van der Waals surface area (Å²) in [5.41, 5.74) is 11.3. The van der Waals surface area contributed by atoms with Gasteiger partial charge in [0, 0.05) is 10.6 Å². The fourth-order valence-electron chi connectivity index (χ4n) is 1.68. The van der Waals surface area contributed by atoms with Gasteiger partial charge in [0.25, 0.3) is 0 Å². The number of aryl methyl sites for hydroxylation is 1. The summed E-state index contributed by atoms with van der Waals surface area (Å²) in [5, 5.41) is 5.10. The van der Waals surface area contributed by atoms with Crippen LogP contribution in [0.1, 0.15) is 17.5 Å². The molecular weight excluding hydrogens is 230 g/mol. The lowest BCUT2D eigenvalue weighted by atomic mass is 10.1. The quantitative estimate of drug-likeness (QED) is 0.581. The molecule has 0 atom stereocenters. The largest absolute Gasteiger partial charge is 0.375 e. The summed E-state index contributed by atoms with van der Waals surface area (Å²) in [6.45, 7) is 0. The van der Waals surface area contributed by atoms with E-state index in [4.69, 9.17) is 17.3 Å². The van der Waals surface area contributed by atoms with Crippen molar-refractivity contribution < 1.29 is 0 Å². The average Bonchev–Trinajstić information content (AvgIpc) is 2.57. The fourth-order valence-corrected chi connectivity index (χ4v) is 1.92. The topological polar surface area (TPSA) is 50.4 Å². The van der Waals surface area contributed by atoms with E-state index in [9.17, 15) is 0 Å². The maximum absolute atomic E-state index is 5.90. The molecule has 2 rings (SSSR count). The zero-order valence-corrected chi connectivity index (χ0v) is 9.53. The fraction of sp³-hybridized carbons (Fsp3) is 0.200. The van der Waals surface area contributed by atoms with Crippen molar-refractivity contribution in [2.24, 2.45) is 10.8 Å². The van der Waals surface area contributed by atoms with Crippen molar-refractivity contribution in [3.05, 3.63) is 34.3 Å². The first-order valence-corrected chi connectivity index (χ1v) is 5.36. The van der Waals surface area contributed by atoms with E-state index in [1.54, 1.807) is 0 Å². The van der Waals surface area contributed by atoms with Gasteiger partial charge in [-0.3, -0.25) is 5.43 Å². The van der Waals surface area contributed by atoms with Gasteiger partial charge >= 0.3 is 0 Å². The first-order chi connectivity index (χ1) is 7.16. The van der Waals surface area contributed by atoms with E-state index in [2.05, 4.69) is 22.7 Å². The van der Waals surface area contributed by atoms with Gasteiger partial charge < -0.3 is 5.73 Å². The second-order valence-electron chi connectivity index (χ2n) is 3.34.